The van der Waals surface area contributed by atoms with Gasteiger partial charge in [-0.1, -0.05) is 5.92 Å². The molecule has 0 fully saturated rings. The number of amides is 1. The van der Waals surface area contributed by atoms with Crippen molar-refractivity contribution in [1.29, 1.82) is 0 Å². The second-order valence-corrected chi connectivity index (χ2v) is 3.60. The van der Waals surface area contributed by atoms with E-state index in [1.54, 1.807) is 18.4 Å². The molecule has 0 aromatic carbocycles. The molecule has 1 amide bonds. The van der Waals surface area contributed by atoms with Gasteiger partial charge in [0.1, 0.15) is 10.6 Å². The van der Waals surface area contributed by atoms with E-state index in [1.807, 2.05) is 0 Å². The minimum absolute atomic E-state index is 0.192. The summed E-state index contributed by atoms with van der Waals surface area (Å²) in [5.41, 5.74) is 0. The van der Waals surface area contributed by atoms with Crippen LogP contribution in [0.15, 0.2) is 11.4 Å². The number of hydrogen-bond acceptors (Lipinski definition) is 3. The maximum atomic E-state index is 11.6. The number of hydrogen-bond donors (Lipinski definition) is 1. The van der Waals surface area contributed by atoms with Gasteiger partial charge in [0, 0.05) is 0 Å². The standard InChI is InChI=1S/C10H11NO2S/c1-4-7(2)11-10(12)9-8(13-3)5-6-14-9/h1,5-7H,2-3H3,(H,11,12). The lowest BCUT2D eigenvalue weighted by atomic mass is 10.3. The van der Waals surface area contributed by atoms with Gasteiger partial charge in [0.25, 0.3) is 5.91 Å². The summed E-state index contributed by atoms with van der Waals surface area (Å²) >= 11 is 1.33. The summed E-state index contributed by atoms with van der Waals surface area (Å²) in [6, 6.07) is 1.48. The lowest BCUT2D eigenvalue weighted by Gasteiger charge is -2.07. The van der Waals surface area contributed by atoms with E-state index in [4.69, 9.17) is 11.2 Å². The van der Waals surface area contributed by atoms with Crippen molar-refractivity contribution in [1.82, 2.24) is 5.32 Å². The molecule has 0 aliphatic heterocycles. The van der Waals surface area contributed by atoms with Crippen LogP contribution in [-0.2, 0) is 0 Å². The molecule has 1 unspecified atom stereocenters. The third-order valence-corrected chi connectivity index (χ3v) is 2.55. The van der Waals surface area contributed by atoms with Crippen LogP contribution in [0.1, 0.15) is 16.6 Å². The molecule has 1 rings (SSSR count). The zero-order valence-corrected chi connectivity index (χ0v) is 8.85. The molecule has 1 heterocycles. The molecule has 14 heavy (non-hydrogen) atoms. The molecule has 0 spiro atoms. The van der Waals surface area contributed by atoms with Crippen LogP contribution in [0.2, 0.25) is 0 Å². The topological polar surface area (TPSA) is 38.3 Å². The van der Waals surface area contributed by atoms with Crippen molar-refractivity contribution in [2.45, 2.75) is 13.0 Å². The van der Waals surface area contributed by atoms with Crippen LogP contribution in [0.3, 0.4) is 0 Å². The van der Waals surface area contributed by atoms with Gasteiger partial charge in [-0.05, 0) is 18.4 Å². The normalized spacial score (nSPS) is 11.5. The summed E-state index contributed by atoms with van der Waals surface area (Å²) in [7, 11) is 1.53. The molecule has 1 aromatic heterocycles. The van der Waals surface area contributed by atoms with Crippen LogP contribution in [-0.4, -0.2) is 19.1 Å². The predicted octanol–water partition coefficient (Wildman–Crippen LogP) is 1.51. The van der Waals surface area contributed by atoms with Gasteiger partial charge in [-0.15, -0.1) is 17.8 Å². The summed E-state index contributed by atoms with van der Waals surface area (Å²) in [5, 5.41) is 4.46. The molecule has 3 nitrogen and oxygen atoms in total. The van der Waals surface area contributed by atoms with Crippen LogP contribution in [0.5, 0.6) is 5.75 Å². The van der Waals surface area contributed by atoms with E-state index in [2.05, 4.69) is 11.2 Å². The van der Waals surface area contributed by atoms with E-state index in [0.717, 1.165) is 0 Å². The number of terminal acetylenes is 1. The Kier molecular flexibility index (Phi) is 3.55. The van der Waals surface area contributed by atoms with E-state index >= 15 is 0 Å². The highest BCUT2D eigenvalue weighted by Crippen LogP contribution is 2.23. The van der Waals surface area contributed by atoms with Crippen LogP contribution >= 0.6 is 11.3 Å². The van der Waals surface area contributed by atoms with Crippen LogP contribution in [0, 0.1) is 12.3 Å². The average molecular weight is 209 g/mol. The molecule has 74 valence electrons. The number of carbonyl (C=O) groups is 1. The molecule has 1 atom stereocenters. The summed E-state index contributed by atoms with van der Waals surface area (Å²) in [5.74, 6) is 2.82. The zero-order chi connectivity index (χ0) is 10.6. The first kappa shape index (κ1) is 10.6. The van der Waals surface area contributed by atoms with Gasteiger partial charge in [-0.2, -0.15) is 0 Å². The van der Waals surface area contributed by atoms with Gasteiger partial charge in [0.05, 0.1) is 13.2 Å². The van der Waals surface area contributed by atoms with Gasteiger partial charge in [0.2, 0.25) is 0 Å². The first-order valence-corrected chi connectivity index (χ1v) is 4.95. The Balaban J connectivity index is 2.75. The second kappa shape index (κ2) is 4.68. The number of ether oxygens (including phenoxy) is 1. The van der Waals surface area contributed by atoms with Crippen molar-refractivity contribution in [3.63, 3.8) is 0 Å². The SMILES string of the molecule is C#CC(C)NC(=O)c1sccc1OC. The summed E-state index contributed by atoms with van der Waals surface area (Å²) in [6.45, 7) is 1.75. The van der Waals surface area contributed by atoms with Crippen molar-refractivity contribution >= 4 is 17.2 Å². The Morgan fingerprint density at radius 2 is 2.50 bits per heavy atom. The maximum absolute atomic E-state index is 11.6. The van der Waals surface area contributed by atoms with E-state index in [9.17, 15) is 4.79 Å². The minimum atomic E-state index is -0.269. The molecular formula is C10H11NO2S. The number of nitrogens with one attached hydrogen (secondary N) is 1. The largest absolute Gasteiger partial charge is 0.495 e. The van der Waals surface area contributed by atoms with Crippen molar-refractivity contribution in [3.05, 3.63) is 16.3 Å². The van der Waals surface area contributed by atoms with Gasteiger partial charge >= 0.3 is 0 Å². The highest BCUT2D eigenvalue weighted by atomic mass is 32.1. The molecule has 0 saturated heterocycles. The Bertz CT molecular complexity index is 364. The van der Waals surface area contributed by atoms with Gasteiger partial charge in [-0.25, -0.2) is 0 Å². The third-order valence-electron chi connectivity index (χ3n) is 1.65. The van der Waals surface area contributed by atoms with Gasteiger partial charge in [-0.3, -0.25) is 4.79 Å². The summed E-state index contributed by atoms with van der Waals surface area (Å²) in [6.07, 6.45) is 5.15. The van der Waals surface area contributed by atoms with E-state index in [1.165, 1.54) is 18.4 Å². The molecule has 0 radical (unpaired) electrons. The average Bonchev–Trinajstić information content (AvgIpc) is 2.65. The fourth-order valence-electron chi connectivity index (χ4n) is 0.928. The van der Waals surface area contributed by atoms with E-state index in [-0.39, 0.29) is 11.9 Å². The Hall–Kier alpha value is -1.47. The number of rotatable bonds is 3. The summed E-state index contributed by atoms with van der Waals surface area (Å²) < 4.78 is 5.02. The molecule has 0 aliphatic carbocycles. The summed E-state index contributed by atoms with van der Waals surface area (Å²) in [4.78, 5) is 12.1. The smallest absolute Gasteiger partial charge is 0.266 e. The predicted molar refractivity (Wildman–Crippen MR) is 56.6 cm³/mol. The molecule has 0 saturated carbocycles. The maximum Gasteiger partial charge on any atom is 0.266 e. The second-order valence-electron chi connectivity index (χ2n) is 2.68. The minimum Gasteiger partial charge on any atom is -0.495 e. The zero-order valence-electron chi connectivity index (χ0n) is 8.03. The Labute approximate surface area is 87.1 Å². The molecular weight excluding hydrogens is 198 g/mol. The Morgan fingerprint density at radius 1 is 1.79 bits per heavy atom. The first-order valence-electron chi connectivity index (χ1n) is 4.07. The lowest BCUT2D eigenvalue weighted by Crippen LogP contribution is -2.30. The fourth-order valence-corrected chi connectivity index (χ4v) is 1.69. The number of thiophene rings is 1. The Morgan fingerprint density at radius 3 is 3.07 bits per heavy atom. The molecule has 0 aliphatic rings. The monoisotopic (exact) mass is 209 g/mol. The molecule has 4 heteroatoms. The van der Waals surface area contributed by atoms with Gasteiger partial charge < -0.3 is 10.1 Å². The van der Waals surface area contributed by atoms with Crippen LogP contribution in [0.4, 0.5) is 0 Å². The van der Waals surface area contributed by atoms with Crippen molar-refractivity contribution < 1.29 is 9.53 Å². The number of methoxy groups -OCH3 is 1. The van der Waals surface area contributed by atoms with Crippen molar-refractivity contribution in [3.8, 4) is 18.1 Å². The third kappa shape index (κ3) is 2.27. The van der Waals surface area contributed by atoms with E-state index < -0.39 is 0 Å². The van der Waals surface area contributed by atoms with Gasteiger partial charge in [0.15, 0.2) is 0 Å². The van der Waals surface area contributed by atoms with E-state index in [0.29, 0.717) is 10.6 Å². The molecule has 1 N–H and O–H groups in total. The molecule has 1 aromatic rings. The highest BCUT2D eigenvalue weighted by Gasteiger charge is 2.14. The first-order chi connectivity index (χ1) is 6.69. The quantitative estimate of drug-likeness (QED) is 0.766. The van der Waals surface area contributed by atoms with Crippen molar-refractivity contribution in [2.75, 3.05) is 7.11 Å². The van der Waals surface area contributed by atoms with Crippen LogP contribution < -0.4 is 10.1 Å². The fraction of sp³-hybridized carbons (Fsp3) is 0.300. The number of carbonyl (C=O) groups excluding carboxylic acids is 1. The highest BCUT2D eigenvalue weighted by molar-refractivity contribution is 7.12. The van der Waals surface area contributed by atoms with Crippen LogP contribution in [0.25, 0.3) is 0 Å². The van der Waals surface area contributed by atoms with Crippen molar-refractivity contribution in [2.24, 2.45) is 0 Å². The molecule has 0 bridgehead atoms. The lowest BCUT2D eigenvalue weighted by molar-refractivity contribution is 0.0949.